The lowest BCUT2D eigenvalue weighted by Gasteiger charge is -2.36. The van der Waals surface area contributed by atoms with Gasteiger partial charge in [-0.2, -0.15) is 0 Å². The van der Waals surface area contributed by atoms with Gasteiger partial charge >= 0.3 is 0 Å². The summed E-state index contributed by atoms with van der Waals surface area (Å²) in [5, 5.41) is 0. The molecule has 0 heterocycles. The van der Waals surface area contributed by atoms with Crippen LogP contribution in [-0.4, -0.2) is 30.1 Å². The molecule has 2 N–H and O–H groups in total. The van der Waals surface area contributed by atoms with E-state index in [4.69, 9.17) is 5.73 Å². The third-order valence-electron chi connectivity index (χ3n) is 4.58. The van der Waals surface area contributed by atoms with Crippen molar-refractivity contribution in [3.63, 3.8) is 0 Å². The zero-order valence-electron chi connectivity index (χ0n) is 10.4. The average molecular weight is 222 g/mol. The molecule has 2 nitrogen and oxygen atoms in total. The molecule has 0 bridgehead atoms. The minimum absolute atomic E-state index is 0.486. The van der Waals surface area contributed by atoms with Crippen molar-refractivity contribution in [3.05, 3.63) is 0 Å². The molecule has 3 aliphatic rings. The fourth-order valence-corrected chi connectivity index (χ4v) is 3.17. The third-order valence-corrected chi connectivity index (χ3v) is 4.58. The molecule has 2 heteroatoms. The monoisotopic (exact) mass is 222 g/mol. The van der Waals surface area contributed by atoms with E-state index in [2.05, 4.69) is 4.90 Å². The second-order valence-corrected chi connectivity index (χ2v) is 6.42. The maximum atomic E-state index is 6.13. The number of hydrogen-bond donors (Lipinski definition) is 1. The first-order chi connectivity index (χ1) is 7.81. The van der Waals surface area contributed by atoms with E-state index in [0.29, 0.717) is 6.04 Å². The summed E-state index contributed by atoms with van der Waals surface area (Å²) in [4.78, 5) is 2.81. The molecule has 3 saturated carbocycles. The second-order valence-electron chi connectivity index (χ2n) is 6.42. The summed E-state index contributed by atoms with van der Waals surface area (Å²) in [5.41, 5.74) is 6.13. The van der Waals surface area contributed by atoms with Crippen molar-refractivity contribution < 1.29 is 0 Å². The molecule has 2 unspecified atom stereocenters. The van der Waals surface area contributed by atoms with Crippen molar-refractivity contribution in [3.8, 4) is 0 Å². The van der Waals surface area contributed by atoms with E-state index in [1.165, 1.54) is 64.5 Å². The Morgan fingerprint density at radius 3 is 2.00 bits per heavy atom. The second kappa shape index (κ2) is 4.66. The molecule has 3 fully saturated rings. The summed E-state index contributed by atoms with van der Waals surface area (Å²) in [5.74, 6) is 2.08. The van der Waals surface area contributed by atoms with Crippen molar-refractivity contribution >= 4 is 0 Å². The van der Waals surface area contributed by atoms with Gasteiger partial charge in [-0.05, 0) is 56.8 Å². The first-order valence-corrected chi connectivity index (χ1v) is 7.31. The summed E-state index contributed by atoms with van der Waals surface area (Å²) < 4.78 is 0. The molecule has 16 heavy (non-hydrogen) atoms. The largest absolute Gasteiger partial charge is 0.328 e. The topological polar surface area (TPSA) is 29.3 Å². The van der Waals surface area contributed by atoms with Crippen LogP contribution in [0.2, 0.25) is 0 Å². The van der Waals surface area contributed by atoms with Gasteiger partial charge in [0.2, 0.25) is 0 Å². The fraction of sp³-hybridized carbons (Fsp3) is 1.00. The van der Waals surface area contributed by atoms with E-state index < -0.39 is 0 Å². The van der Waals surface area contributed by atoms with Gasteiger partial charge in [0.1, 0.15) is 0 Å². The lowest BCUT2D eigenvalue weighted by molar-refractivity contribution is 0.135. The van der Waals surface area contributed by atoms with Crippen LogP contribution in [0, 0.1) is 11.8 Å². The maximum Gasteiger partial charge on any atom is 0.0110 e. The Balaban J connectivity index is 1.55. The quantitative estimate of drug-likeness (QED) is 0.774. The highest BCUT2D eigenvalue weighted by Crippen LogP contribution is 2.36. The zero-order valence-corrected chi connectivity index (χ0v) is 10.4. The highest BCUT2D eigenvalue weighted by Gasteiger charge is 2.33. The smallest absolute Gasteiger partial charge is 0.0110 e. The molecule has 2 atom stereocenters. The van der Waals surface area contributed by atoms with Gasteiger partial charge in [-0.15, -0.1) is 0 Å². The average Bonchev–Trinajstić information content (AvgIpc) is 3.11. The zero-order chi connectivity index (χ0) is 11.0. The van der Waals surface area contributed by atoms with Crippen LogP contribution < -0.4 is 5.73 Å². The molecule has 0 spiro atoms. The van der Waals surface area contributed by atoms with Gasteiger partial charge in [-0.3, -0.25) is 4.90 Å². The number of rotatable bonds is 5. The van der Waals surface area contributed by atoms with Gasteiger partial charge in [0.15, 0.2) is 0 Å². The van der Waals surface area contributed by atoms with Crippen LogP contribution in [0.1, 0.15) is 51.4 Å². The van der Waals surface area contributed by atoms with Gasteiger partial charge in [-0.1, -0.05) is 6.42 Å². The van der Waals surface area contributed by atoms with Gasteiger partial charge in [0, 0.05) is 25.2 Å². The molecule has 0 saturated heterocycles. The Morgan fingerprint density at radius 2 is 1.50 bits per heavy atom. The Labute approximate surface area is 99.6 Å². The Bertz CT molecular complexity index is 219. The van der Waals surface area contributed by atoms with Gasteiger partial charge < -0.3 is 5.73 Å². The summed E-state index contributed by atoms with van der Waals surface area (Å²) in [6.07, 6.45) is 11.2. The Hall–Kier alpha value is -0.0800. The minimum Gasteiger partial charge on any atom is -0.328 e. The SMILES string of the molecule is NC1CCCC(N(CC2CC2)CC2CC2)C1. The normalized spacial score (nSPS) is 35.6. The molecule has 0 aromatic heterocycles. The number of hydrogen-bond acceptors (Lipinski definition) is 2. The van der Waals surface area contributed by atoms with Crippen LogP contribution in [0.5, 0.6) is 0 Å². The van der Waals surface area contributed by atoms with Gasteiger partial charge in [0.25, 0.3) is 0 Å². The molecule has 0 radical (unpaired) electrons. The summed E-state index contributed by atoms with van der Waals surface area (Å²) in [7, 11) is 0. The van der Waals surface area contributed by atoms with Crippen molar-refractivity contribution in [1.82, 2.24) is 4.90 Å². The third kappa shape index (κ3) is 2.98. The van der Waals surface area contributed by atoms with E-state index in [9.17, 15) is 0 Å². The lowest BCUT2D eigenvalue weighted by Crippen LogP contribution is -2.44. The predicted octanol–water partition coefficient (Wildman–Crippen LogP) is 2.38. The standard InChI is InChI=1S/C14H26N2/c15-13-2-1-3-14(8-13)16(9-11-4-5-11)10-12-6-7-12/h11-14H,1-10,15H2. The molecule has 0 aromatic carbocycles. The molecular weight excluding hydrogens is 196 g/mol. The van der Waals surface area contributed by atoms with Crippen LogP contribution >= 0.6 is 0 Å². The summed E-state index contributed by atoms with van der Waals surface area (Å²) in [6.45, 7) is 2.77. The van der Waals surface area contributed by atoms with Crippen LogP contribution in [0.3, 0.4) is 0 Å². The maximum absolute atomic E-state index is 6.13. The fourth-order valence-electron chi connectivity index (χ4n) is 3.17. The highest BCUT2D eigenvalue weighted by molar-refractivity contribution is 4.89. The first-order valence-electron chi connectivity index (χ1n) is 7.31. The van der Waals surface area contributed by atoms with E-state index in [0.717, 1.165) is 17.9 Å². The van der Waals surface area contributed by atoms with Crippen LogP contribution in [0.15, 0.2) is 0 Å². The number of nitrogens with zero attached hydrogens (tertiary/aromatic N) is 1. The highest BCUT2D eigenvalue weighted by atomic mass is 15.2. The predicted molar refractivity (Wildman–Crippen MR) is 67.3 cm³/mol. The Kier molecular flexibility index (Phi) is 3.21. The first kappa shape index (κ1) is 11.0. The molecule has 0 aliphatic heterocycles. The number of nitrogens with two attached hydrogens (primary N) is 1. The lowest BCUT2D eigenvalue weighted by atomic mass is 9.90. The molecule has 0 aromatic rings. The molecule has 0 amide bonds. The van der Waals surface area contributed by atoms with Crippen molar-refractivity contribution in [2.75, 3.05) is 13.1 Å². The van der Waals surface area contributed by atoms with Crippen LogP contribution in [0.4, 0.5) is 0 Å². The van der Waals surface area contributed by atoms with Crippen LogP contribution in [0.25, 0.3) is 0 Å². The molecule has 3 aliphatic carbocycles. The van der Waals surface area contributed by atoms with Crippen molar-refractivity contribution in [2.24, 2.45) is 17.6 Å². The van der Waals surface area contributed by atoms with Crippen molar-refractivity contribution in [1.29, 1.82) is 0 Å². The van der Waals surface area contributed by atoms with E-state index >= 15 is 0 Å². The summed E-state index contributed by atoms with van der Waals surface area (Å²) >= 11 is 0. The summed E-state index contributed by atoms with van der Waals surface area (Å²) in [6, 6.07) is 1.31. The molecule has 3 rings (SSSR count). The minimum atomic E-state index is 0.486. The van der Waals surface area contributed by atoms with Crippen LogP contribution in [-0.2, 0) is 0 Å². The van der Waals surface area contributed by atoms with Crippen molar-refractivity contribution in [2.45, 2.75) is 63.5 Å². The Morgan fingerprint density at radius 1 is 0.875 bits per heavy atom. The van der Waals surface area contributed by atoms with Gasteiger partial charge in [-0.25, -0.2) is 0 Å². The van der Waals surface area contributed by atoms with E-state index in [1.807, 2.05) is 0 Å². The van der Waals surface area contributed by atoms with Gasteiger partial charge in [0.05, 0.1) is 0 Å². The van der Waals surface area contributed by atoms with E-state index in [-0.39, 0.29) is 0 Å². The molecule has 92 valence electrons. The van der Waals surface area contributed by atoms with E-state index in [1.54, 1.807) is 0 Å². The molecular formula is C14H26N2.